The largest absolute Gasteiger partial charge is 0.294 e. The molecule has 3 aromatic rings. The molecule has 0 N–H and O–H groups in total. The van der Waals surface area contributed by atoms with Crippen LogP contribution in [0, 0.1) is 0 Å². The van der Waals surface area contributed by atoms with Crippen LogP contribution in [-0.4, -0.2) is 21.5 Å². The topological polar surface area (TPSA) is 59.9 Å². The molecule has 0 unspecified atom stereocenters. The highest BCUT2D eigenvalue weighted by molar-refractivity contribution is 6.17. The number of carbonyl (C=O) groups is 2. The lowest BCUT2D eigenvalue weighted by Gasteiger charge is -2.05. The summed E-state index contributed by atoms with van der Waals surface area (Å²) in [4.78, 5) is 32.1. The number of nitrogens with zero attached hydrogens (tertiary/aromatic N) is 2. The zero-order valence-electron chi connectivity index (χ0n) is 11.2. The van der Waals surface area contributed by atoms with Crippen molar-refractivity contribution in [2.45, 2.75) is 6.42 Å². The van der Waals surface area contributed by atoms with Crippen molar-refractivity contribution in [3.8, 4) is 0 Å². The van der Waals surface area contributed by atoms with Crippen molar-refractivity contribution in [1.82, 2.24) is 9.97 Å². The number of benzene rings is 2. The lowest BCUT2D eigenvalue weighted by atomic mass is 9.98. The van der Waals surface area contributed by atoms with Gasteiger partial charge < -0.3 is 0 Å². The minimum atomic E-state index is -0.367. The van der Waals surface area contributed by atoms with Crippen LogP contribution < -0.4 is 0 Å². The van der Waals surface area contributed by atoms with Gasteiger partial charge in [-0.3, -0.25) is 9.59 Å². The monoisotopic (exact) mass is 276 g/mol. The zero-order chi connectivity index (χ0) is 14.7. The number of hydrogen-bond acceptors (Lipinski definition) is 4. The molecule has 3 rings (SSSR count). The molecule has 0 aliphatic rings. The van der Waals surface area contributed by atoms with E-state index in [9.17, 15) is 9.59 Å². The first-order valence-electron chi connectivity index (χ1n) is 6.57. The SMILES string of the molecule is O=C(CC(=O)c1cccc2ccccc12)c1ncccn1. The van der Waals surface area contributed by atoms with Gasteiger partial charge in [-0.1, -0.05) is 42.5 Å². The van der Waals surface area contributed by atoms with Crippen LogP contribution >= 0.6 is 0 Å². The quantitative estimate of drug-likeness (QED) is 0.542. The van der Waals surface area contributed by atoms with E-state index in [-0.39, 0.29) is 23.8 Å². The molecule has 0 aliphatic heterocycles. The minimum Gasteiger partial charge on any atom is -0.294 e. The highest BCUT2D eigenvalue weighted by atomic mass is 16.1. The van der Waals surface area contributed by atoms with Gasteiger partial charge >= 0.3 is 0 Å². The first-order chi connectivity index (χ1) is 10.3. The highest BCUT2D eigenvalue weighted by Gasteiger charge is 2.17. The summed E-state index contributed by atoms with van der Waals surface area (Å²) in [5, 5.41) is 1.83. The first kappa shape index (κ1) is 13.1. The van der Waals surface area contributed by atoms with E-state index in [1.165, 1.54) is 12.4 Å². The lowest BCUT2D eigenvalue weighted by molar-refractivity contribution is 0.0889. The number of Topliss-reactive ketones (excluding diaryl/α,β-unsaturated/α-hetero) is 2. The predicted octanol–water partition coefficient (Wildman–Crippen LogP) is 3.09. The molecule has 0 atom stereocenters. The Bertz CT molecular complexity index is 808. The second-order valence-electron chi connectivity index (χ2n) is 4.62. The summed E-state index contributed by atoms with van der Waals surface area (Å²) < 4.78 is 0. The van der Waals surface area contributed by atoms with Crippen molar-refractivity contribution in [1.29, 1.82) is 0 Å². The van der Waals surface area contributed by atoms with E-state index < -0.39 is 0 Å². The fourth-order valence-electron chi connectivity index (χ4n) is 2.23. The Kier molecular flexibility index (Phi) is 3.51. The van der Waals surface area contributed by atoms with E-state index in [4.69, 9.17) is 0 Å². The van der Waals surface area contributed by atoms with Crippen LogP contribution in [0.4, 0.5) is 0 Å². The van der Waals surface area contributed by atoms with Gasteiger partial charge in [-0.25, -0.2) is 9.97 Å². The maximum absolute atomic E-state index is 12.4. The van der Waals surface area contributed by atoms with Crippen molar-refractivity contribution in [2.24, 2.45) is 0 Å². The third-order valence-corrected chi connectivity index (χ3v) is 3.23. The summed E-state index contributed by atoms with van der Waals surface area (Å²) in [6, 6.07) is 14.7. The van der Waals surface area contributed by atoms with Crippen LogP contribution in [0.2, 0.25) is 0 Å². The van der Waals surface area contributed by atoms with E-state index in [0.717, 1.165) is 10.8 Å². The fourth-order valence-corrected chi connectivity index (χ4v) is 2.23. The third-order valence-electron chi connectivity index (χ3n) is 3.23. The van der Waals surface area contributed by atoms with Crippen LogP contribution in [0.1, 0.15) is 27.4 Å². The van der Waals surface area contributed by atoms with Gasteiger partial charge in [-0.2, -0.15) is 0 Å². The maximum atomic E-state index is 12.4. The molecule has 102 valence electrons. The Labute approximate surface area is 121 Å². The van der Waals surface area contributed by atoms with E-state index in [2.05, 4.69) is 9.97 Å². The van der Waals surface area contributed by atoms with Gasteiger partial charge in [0.25, 0.3) is 0 Å². The van der Waals surface area contributed by atoms with Crippen molar-refractivity contribution >= 4 is 22.3 Å². The minimum absolute atomic E-state index is 0.0751. The molecule has 4 heteroatoms. The summed E-state index contributed by atoms with van der Waals surface area (Å²) in [5.41, 5.74) is 0.553. The van der Waals surface area contributed by atoms with Crippen LogP contribution in [0.15, 0.2) is 60.9 Å². The van der Waals surface area contributed by atoms with E-state index in [1.54, 1.807) is 12.1 Å². The molecule has 0 saturated carbocycles. The summed E-state index contributed by atoms with van der Waals surface area (Å²) >= 11 is 0. The molecule has 0 spiro atoms. The number of rotatable bonds is 4. The molecule has 1 heterocycles. The molecule has 21 heavy (non-hydrogen) atoms. The van der Waals surface area contributed by atoms with Gasteiger partial charge in [-0.15, -0.1) is 0 Å². The van der Waals surface area contributed by atoms with Crippen molar-refractivity contribution in [3.63, 3.8) is 0 Å². The first-order valence-corrected chi connectivity index (χ1v) is 6.57. The zero-order valence-corrected chi connectivity index (χ0v) is 11.2. The molecule has 1 aromatic heterocycles. The maximum Gasteiger partial charge on any atom is 0.207 e. The summed E-state index contributed by atoms with van der Waals surface area (Å²) in [6.45, 7) is 0. The number of hydrogen-bond donors (Lipinski definition) is 0. The van der Waals surface area contributed by atoms with Crippen molar-refractivity contribution in [3.05, 3.63) is 72.3 Å². The smallest absolute Gasteiger partial charge is 0.207 e. The second kappa shape index (κ2) is 5.63. The molecular weight excluding hydrogens is 264 g/mol. The second-order valence-corrected chi connectivity index (χ2v) is 4.62. The Morgan fingerprint density at radius 2 is 1.52 bits per heavy atom. The van der Waals surface area contributed by atoms with Crippen molar-refractivity contribution in [2.75, 3.05) is 0 Å². The number of carbonyl (C=O) groups excluding carboxylic acids is 2. The molecule has 0 fully saturated rings. The van der Waals surface area contributed by atoms with E-state index >= 15 is 0 Å². The number of aromatic nitrogens is 2. The molecule has 0 bridgehead atoms. The number of ketones is 2. The normalized spacial score (nSPS) is 10.5. The average Bonchev–Trinajstić information content (AvgIpc) is 2.55. The van der Waals surface area contributed by atoms with Crippen LogP contribution in [-0.2, 0) is 0 Å². The Morgan fingerprint density at radius 1 is 0.810 bits per heavy atom. The van der Waals surface area contributed by atoms with Crippen LogP contribution in [0.3, 0.4) is 0 Å². The molecule has 0 amide bonds. The van der Waals surface area contributed by atoms with E-state index in [0.29, 0.717) is 5.56 Å². The van der Waals surface area contributed by atoms with Gasteiger partial charge in [0.05, 0.1) is 6.42 Å². The van der Waals surface area contributed by atoms with Crippen LogP contribution in [0.25, 0.3) is 10.8 Å². The summed E-state index contributed by atoms with van der Waals surface area (Å²) in [6.07, 6.45) is 2.75. The molecular formula is C17H12N2O2. The van der Waals surface area contributed by atoms with Gasteiger partial charge in [0.15, 0.2) is 11.6 Å². The predicted molar refractivity (Wildman–Crippen MR) is 79.3 cm³/mol. The summed E-state index contributed by atoms with van der Waals surface area (Å²) in [5.74, 6) is -0.510. The average molecular weight is 276 g/mol. The third kappa shape index (κ3) is 2.69. The molecule has 0 radical (unpaired) electrons. The van der Waals surface area contributed by atoms with Crippen LogP contribution in [0.5, 0.6) is 0 Å². The molecule has 0 aliphatic carbocycles. The van der Waals surface area contributed by atoms with Gasteiger partial charge in [0.2, 0.25) is 5.78 Å². The lowest BCUT2D eigenvalue weighted by Crippen LogP contribution is -2.11. The molecule has 0 saturated heterocycles. The molecule has 4 nitrogen and oxygen atoms in total. The summed E-state index contributed by atoms with van der Waals surface area (Å²) in [7, 11) is 0. The van der Waals surface area contributed by atoms with Crippen molar-refractivity contribution < 1.29 is 9.59 Å². The highest BCUT2D eigenvalue weighted by Crippen LogP contribution is 2.20. The van der Waals surface area contributed by atoms with Gasteiger partial charge in [0.1, 0.15) is 0 Å². The van der Waals surface area contributed by atoms with Gasteiger partial charge in [-0.05, 0) is 16.8 Å². The Hall–Kier alpha value is -2.88. The molecule has 2 aromatic carbocycles. The fraction of sp³-hybridized carbons (Fsp3) is 0.0588. The standard InChI is InChI=1S/C17H12N2O2/c20-15(11-16(21)17-18-9-4-10-19-17)14-8-3-6-12-5-1-2-7-13(12)14/h1-10H,11H2. The van der Waals surface area contributed by atoms with Gasteiger partial charge in [0, 0.05) is 18.0 Å². The Morgan fingerprint density at radius 3 is 2.33 bits per heavy atom. The number of fused-ring (bicyclic) bond motifs is 1. The Balaban J connectivity index is 1.90. The van der Waals surface area contributed by atoms with E-state index in [1.807, 2.05) is 36.4 Å².